The molecule has 0 radical (unpaired) electrons. The van der Waals surface area contributed by atoms with Gasteiger partial charge in [0, 0.05) is 0 Å². The molecule has 3 N–H and O–H groups in total. The predicted octanol–water partition coefficient (Wildman–Crippen LogP) is 0.665. The van der Waals surface area contributed by atoms with Crippen molar-refractivity contribution in [2.45, 2.75) is 19.8 Å². The third kappa shape index (κ3) is 5.29. The molecule has 72 valence electrons. The Bertz CT molecular complexity index is 196. The Hall–Kier alpha value is -0.380. The minimum Gasteiger partial charge on any atom is -0.481 e. The first kappa shape index (κ1) is 11.6. The summed E-state index contributed by atoms with van der Waals surface area (Å²) in [7, 11) is -4.19. The molecule has 0 spiro atoms. The van der Waals surface area contributed by atoms with Crippen LogP contribution in [-0.2, 0) is 9.36 Å². The fourth-order valence-corrected chi connectivity index (χ4v) is 1.84. The first-order valence-electron chi connectivity index (χ1n) is 3.64. The summed E-state index contributed by atoms with van der Waals surface area (Å²) in [5.41, 5.74) is 0. The van der Waals surface area contributed by atoms with Crippen molar-refractivity contribution in [3.05, 3.63) is 0 Å². The van der Waals surface area contributed by atoms with Gasteiger partial charge in [0.05, 0.1) is 12.1 Å². The van der Waals surface area contributed by atoms with E-state index in [-0.39, 0.29) is 0 Å². The fourth-order valence-electron chi connectivity index (χ4n) is 0.928. The molecule has 0 aromatic rings. The first-order valence-corrected chi connectivity index (χ1v) is 5.44. The Morgan fingerprint density at radius 3 is 2.25 bits per heavy atom. The van der Waals surface area contributed by atoms with Crippen LogP contribution < -0.4 is 0 Å². The average Bonchev–Trinajstić information content (AvgIpc) is 1.83. The molecule has 0 aliphatic carbocycles. The van der Waals surface area contributed by atoms with E-state index in [1.807, 2.05) is 0 Å². The van der Waals surface area contributed by atoms with Crippen LogP contribution in [0.3, 0.4) is 0 Å². The summed E-state index contributed by atoms with van der Waals surface area (Å²) in [6.07, 6.45) is 0.355. The Balaban J connectivity index is 4.14. The average molecular weight is 196 g/mol. The summed E-state index contributed by atoms with van der Waals surface area (Å²) in [4.78, 5) is 27.4. The van der Waals surface area contributed by atoms with Crippen LogP contribution in [0, 0.1) is 5.92 Å². The van der Waals surface area contributed by atoms with Crippen molar-refractivity contribution in [1.29, 1.82) is 0 Å². The van der Waals surface area contributed by atoms with Gasteiger partial charge in [-0.05, 0) is 6.42 Å². The number of carbonyl (C=O) groups is 1. The van der Waals surface area contributed by atoms with Gasteiger partial charge in [-0.1, -0.05) is 13.3 Å². The van der Waals surface area contributed by atoms with Gasteiger partial charge >= 0.3 is 13.6 Å². The van der Waals surface area contributed by atoms with E-state index in [1.54, 1.807) is 6.92 Å². The van der Waals surface area contributed by atoms with Crippen molar-refractivity contribution in [2.24, 2.45) is 5.92 Å². The van der Waals surface area contributed by atoms with E-state index in [0.717, 1.165) is 0 Å². The van der Waals surface area contributed by atoms with E-state index < -0.39 is 25.6 Å². The number of carboxylic acid groups (broad SMARTS) is 1. The van der Waals surface area contributed by atoms with Crippen LogP contribution in [0.2, 0.25) is 0 Å². The lowest BCUT2D eigenvalue weighted by Gasteiger charge is -2.11. The second-order valence-corrected chi connectivity index (χ2v) is 4.37. The molecule has 0 bridgehead atoms. The maximum atomic E-state index is 10.5. The third-order valence-corrected chi connectivity index (χ3v) is 2.36. The summed E-state index contributed by atoms with van der Waals surface area (Å²) in [5, 5.41) is 8.52. The molecular formula is C6H13O5P. The molecule has 0 aromatic carbocycles. The Labute approximate surface area is 70.6 Å². The van der Waals surface area contributed by atoms with Crippen LogP contribution in [0.1, 0.15) is 19.8 Å². The molecule has 0 aromatic heterocycles. The lowest BCUT2D eigenvalue weighted by atomic mass is 10.1. The van der Waals surface area contributed by atoms with Crippen molar-refractivity contribution >= 4 is 13.6 Å². The molecule has 0 amide bonds. The van der Waals surface area contributed by atoms with Crippen LogP contribution in [0.4, 0.5) is 0 Å². The summed E-state index contributed by atoms with van der Waals surface area (Å²) in [6, 6.07) is 0. The molecular weight excluding hydrogens is 183 g/mol. The normalized spacial score (nSPS) is 14.2. The van der Waals surface area contributed by atoms with E-state index in [0.29, 0.717) is 12.8 Å². The molecule has 0 aliphatic heterocycles. The Morgan fingerprint density at radius 1 is 1.50 bits per heavy atom. The molecule has 0 aliphatic rings. The topological polar surface area (TPSA) is 94.8 Å². The van der Waals surface area contributed by atoms with Gasteiger partial charge in [0.2, 0.25) is 0 Å². The van der Waals surface area contributed by atoms with Crippen molar-refractivity contribution < 1.29 is 24.3 Å². The molecule has 1 unspecified atom stereocenters. The summed E-state index contributed by atoms with van der Waals surface area (Å²) >= 11 is 0. The van der Waals surface area contributed by atoms with E-state index in [4.69, 9.17) is 14.9 Å². The summed E-state index contributed by atoms with van der Waals surface area (Å²) in [5.74, 6) is -2.06. The van der Waals surface area contributed by atoms with E-state index >= 15 is 0 Å². The molecule has 0 saturated heterocycles. The number of hydrogen-bond donors (Lipinski definition) is 3. The monoisotopic (exact) mass is 196 g/mol. The lowest BCUT2D eigenvalue weighted by Crippen LogP contribution is -2.17. The van der Waals surface area contributed by atoms with Gasteiger partial charge in [0.25, 0.3) is 0 Å². The van der Waals surface area contributed by atoms with Gasteiger partial charge in [0.1, 0.15) is 0 Å². The molecule has 0 saturated carbocycles. The number of rotatable bonds is 5. The number of carboxylic acids is 1. The quantitative estimate of drug-likeness (QED) is 0.561. The highest BCUT2D eigenvalue weighted by Crippen LogP contribution is 2.37. The smallest absolute Gasteiger partial charge is 0.326 e. The van der Waals surface area contributed by atoms with Gasteiger partial charge in [-0.25, -0.2) is 0 Å². The zero-order valence-corrected chi connectivity index (χ0v) is 7.70. The van der Waals surface area contributed by atoms with Gasteiger partial charge in [-0.15, -0.1) is 0 Å². The highest BCUT2D eigenvalue weighted by molar-refractivity contribution is 7.51. The summed E-state index contributed by atoms with van der Waals surface area (Å²) < 4.78 is 10.5. The number of hydrogen-bond acceptors (Lipinski definition) is 2. The van der Waals surface area contributed by atoms with E-state index in [2.05, 4.69) is 0 Å². The minimum atomic E-state index is -4.19. The molecule has 0 heterocycles. The van der Waals surface area contributed by atoms with Gasteiger partial charge < -0.3 is 14.9 Å². The molecule has 6 heteroatoms. The Morgan fingerprint density at radius 2 is 2.00 bits per heavy atom. The third-order valence-electron chi connectivity index (χ3n) is 1.44. The molecule has 1 atom stereocenters. The largest absolute Gasteiger partial charge is 0.481 e. The lowest BCUT2D eigenvalue weighted by molar-refractivity contribution is -0.141. The highest BCUT2D eigenvalue weighted by Gasteiger charge is 2.25. The highest BCUT2D eigenvalue weighted by atomic mass is 31.2. The van der Waals surface area contributed by atoms with Crippen LogP contribution >= 0.6 is 7.60 Å². The van der Waals surface area contributed by atoms with Crippen molar-refractivity contribution in [1.82, 2.24) is 0 Å². The minimum absolute atomic E-state index is 0.306. The second kappa shape index (κ2) is 4.60. The molecule has 5 nitrogen and oxygen atoms in total. The first-order chi connectivity index (χ1) is 5.37. The van der Waals surface area contributed by atoms with Gasteiger partial charge in [-0.3, -0.25) is 9.36 Å². The number of aliphatic carboxylic acids is 1. The van der Waals surface area contributed by atoms with Crippen LogP contribution in [0.5, 0.6) is 0 Å². The van der Waals surface area contributed by atoms with Crippen molar-refractivity contribution in [3.8, 4) is 0 Å². The van der Waals surface area contributed by atoms with Crippen LogP contribution in [0.25, 0.3) is 0 Å². The molecule has 0 fully saturated rings. The Kier molecular flexibility index (Phi) is 4.45. The summed E-state index contributed by atoms with van der Waals surface area (Å²) in [6.45, 7) is 1.77. The standard InChI is InChI=1S/C6H13O5P/c1-2-3-5(6(7)8)4-12(9,10)11/h5H,2-4H2,1H3,(H,7,8)(H2,9,10,11). The van der Waals surface area contributed by atoms with Crippen LogP contribution in [0.15, 0.2) is 0 Å². The second-order valence-electron chi connectivity index (χ2n) is 2.67. The molecule has 0 rings (SSSR count). The SMILES string of the molecule is CCCC(CP(=O)(O)O)C(=O)O. The molecule has 12 heavy (non-hydrogen) atoms. The predicted molar refractivity (Wildman–Crippen MR) is 42.9 cm³/mol. The van der Waals surface area contributed by atoms with Crippen molar-refractivity contribution in [2.75, 3.05) is 6.16 Å². The van der Waals surface area contributed by atoms with Gasteiger partial charge in [0.15, 0.2) is 0 Å². The van der Waals surface area contributed by atoms with E-state index in [1.165, 1.54) is 0 Å². The van der Waals surface area contributed by atoms with Gasteiger partial charge in [-0.2, -0.15) is 0 Å². The van der Waals surface area contributed by atoms with Crippen LogP contribution in [-0.4, -0.2) is 27.0 Å². The maximum Gasteiger partial charge on any atom is 0.326 e. The van der Waals surface area contributed by atoms with E-state index in [9.17, 15) is 9.36 Å². The van der Waals surface area contributed by atoms with Crippen molar-refractivity contribution in [3.63, 3.8) is 0 Å². The zero-order chi connectivity index (χ0) is 9.78. The zero-order valence-electron chi connectivity index (χ0n) is 6.80. The fraction of sp³-hybridized carbons (Fsp3) is 0.833. The maximum absolute atomic E-state index is 10.5.